The van der Waals surface area contributed by atoms with Crippen LogP contribution in [0.4, 0.5) is 0 Å². The number of fused-ring (bicyclic) bond motifs is 4. The number of nitriles is 2. The van der Waals surface area contributed by atoms with Gasteiger partial charge in [0.1, 0.15) is 5.65 Å². The van der Waals surface area contributed by atoms with Crippen molar-refractivity contribution in [2.45, 2.75) is 0 Å². The minimum Gasteiger partial charge on any atom is -0.268 e. The zero-order chi connectivity index (χ0) is 29.1. The molecule has 43 heavy (non-hydrogen) atoms. The summed E-state index contributed by atoms with van der Waals surface area (Å²) in [7, 11) is 0. The minimum atomic E-state index is -0.180. The molecule has 198 valence electrons. The predicted octanol–water partition coefficient (Wildman–Crippen LogP) is 8.34. The molecular weight excluding hydrogens is 528 g/mol. The molecule has 0 bridgehead atoms. The van der Waals surface area contributed by atoms with E-state index in [1.54, 1.807) is 28.7 Å². The molecule has 5 heteroatoms. The Labute approximate surface area is 246 Å². The number of imidazole rings is 1. The molecule has 2 aromatic heterocycles. The summed E-state index contributed by atoms with van der Waals surface area (Å²) >= 11 is 0. The number of aromatic nitrogens is 2. The van der Waals surface area contributed by atoms with Crippen LogP contribution >= 0.6 is 0 Å². The Balaban J connectivity index is 1.53. The average Bonchev–Trinajstić information content (AvgIpc) is 3.47. The van der Waals surface area contributed by atoms with Gasteiger partial charge in [-0.3, -0.25) is 9.20 Å². The van der Waals surface area contributed by atoms with Crippen molar-refractivity contribution in [2.24, 2.45) is 0 Å². The lowest BCUT2D eigenvalue weighted by Gasteiger charge is -2.13. The number of hydrogen-bond donors (Lipinski definition) is 0. The van der Waals surface area contributed by atoms with Gasteiger partial charge in [0.25, 0.3) is 5.56 Å². The van der Waals surface area contributed by atoms with Crippen LogP contribution in [-0.4, -0.2) is 9.38 Å². The molecule has 0 aliphatic heterocycles. The molecular formula is C38H20N4O. The van der Waals surface area contributed by atoms with Crippen molar-refractivity contribution in [1.82, 2.24) is 9.38 Å². The molecule has 0 fully saturated rings. The van der Waals surface area contributed by atoms with Crippen LogP contribution < -0.4 is 5.56 Å². The highest BCUT2D eigenvalue weighted by atomic mass is 16.1. The second-order valence-corrected chi connectivity index (χ2v) is 10.6. The quantitative estimate of drug-likeness (QED) is 0.222. The average molecular weight is 549 g/mol. The van der Waals surface area contributed by atoms with Gasteiger partial charge in [-0.1, -0.05) is 78.9 Å². The van der Waals surface area contributed by atoms with Gasteiger partial charge in [0, 0.05) is 27.1 Å². The summed E-state index contributed by atoms with van der Waals surface area (Å²) < 4.78 is 1.72. The van der Waals surface area contributed by atoms with Gasteiger partial charge < -0.3 is 0 Å². The van der Waals surface area contributed by atoms with Crippen molar-refractivity contribution >= 4 is 38.2 Å². The normalized spacial score (nSPS) is 11.3. The topological polar surface area (TPSA) is 82.0 Å². The lowest BCUT2D eigenvalue weighted by molar-refractivity contribution is 1.19. The van der Waals surface area contributed by atoms with E-state index < -0.39 is 0 Å². The molecule has 8 aromatic rings. The maximum atomic E-state index is 14.4. The Bertz CT molecular complexity index is 2520. The van der Waals surface area contributed by atoms with Crippen LogP contribution in [-0.2, 0) is 0 Å². The largest absolute Gasteiger partial charge is 0.268 e. The van der Waals surface area contributed by atoms with Crippen molar-refractivity contribution in [3.63, 3.8) is 0 Å². The minimum absolute atomic E-state index is 0.180. The van der Waals surface area contributed by atoms with Crippen molar-refractivity contribution < 1.29 is 0 Å². The molecule has 0 radical (unpaired) electrons. The lowest BCUT2D eigenvalue weighted by Crippen LogP contribution is -2.13. The molecule has 6 aromatic carbocycles. The molecule has 8 rings (SSSR count). The van der Waals surface area contributed by atoms with Gasteiger partial charge in [-0.15, -0.1) is 0 Å². The molecule has 0 amide bonds. The Hall–Kier alpha value is -6.30. The van der Waals surface area contributed by atoms with E-state index in [-0.39, 0.29) is 5.56 Å². The summed E-state index contributed by atoms with van der Waals surface area (Å²) in [5.41, 5.74) is 8.59. The van der Waals surface area contributed by atoms with Gasteiger partial charge in [0.2, 0.25) is 0 Å². The summed E-state index contributed by atoms with van der Waals surface area (Å²) in [6.07, 6.45) is 0. The summed E-state index contributed by atoms with van der Waals surface area (Å²) in [6.45, 7) is 0. The first-order chi connectivity index (χ1) is 21.2. The molecule has 0 spiro atoms. The zero-order valence-electron chi connectivity index (χ0n) is 22.7. The van der Waals surface area contributed by atoms with Crippen LogP contribution in [0.2, 0.25) is 0 Å². The zero-order valence-corrected chi connectivity index (χ0v) is 22.7. The number of nitrogens with zero attached hydrogens (tertiary/aromatic N) is 4. The third-order valence-corrected chi connectivity index (χ3v) is 8.23. The van der Waals surface area contributed by atoms with Gasteiger partial charge in [0.05, 0.1) is 34.3 Å². The standard InChI is InChI=1S/C38H20N4O/c39-21-23-11-13-26(14-12-23)29-17-18-30-35-31(16-15-27(22-40)34(29)35)38(43)42-33-20-28(24-7-3-1-4-8-24)19-32(36(33)41-37(30)42)25-9-5-2-6-10-25/h1-20H. The number of benzene rings is 6. The van der Waals surface area contributed by atoms with Gasteiger partial charge in [-0.25, -0.2) is 4.98 Å². The van der Waals surface area contributed by atoms with Crippen LogP contribution in [0.5, 0.6) is 0 Å². The van der Waals surface area contributed by atoms with Gasteiger partial charge in [0.15, 0.2) is 0 Å². The smallest absolute Gasteiger partial charge is 0.264 e. The maximum Gasteiger partial charge on any atom is 0.264 e. The highest BCUT2D eigenvalue weighted by Crippen LogP contribution is 2.40. The first-order valence-electron chi connectivity index (χ1n) is 13.9. The van der Waals surface area contributed by atoms with Crippen LogP contribution in [0, 0.1) is 22.7 Å². The molecule has 0 unspecified atom stereocenters. The Morgan fingerprint density at radius 1 is 0.581 bits per heavy atom. The third kappa shape index (κ3) is 3.63. The summed E-state index contributed by atoms with van der Waals surface area (Å²) in [4.78, 5) is 19.5. The van der Waals surface area contributed by atoms with E-state index in [9.17, 15) is 15.3 Å². The van der Waals surface area contributed by atoms with Crippen LogP contribution in [0.15, 0.2) is 126 Å². The van der Waals surface area contributed by atoms with Crippen molar-refractivity contribution in [3.8, 4) is 45.5 Å². The van der Waals surface area contributed by atoms with E-state index in [2.05, 4.69) is 42.5 Å². The van der Waals surface area contributed by atoms with Crippen LogP contribution in [0.25, 0.3) is 71.6 Å². The fourth-order valence-corrected chi connectivity index (χ4v) is 6.24. The monoisotopic (exact) mass is 548 g/mol. The fraction of sp³-hybridized carbons (Fsp3) is 0. The Kier molecular flexibility index (Phi) is 5.34. The molecule has 0 N–H and O–H groups in total. The van der Waals surface area contributed by atoms with Gasteiger partial charge in [-0.05, 0) is 70.3 Å². The van der Waals surface area contributed by atoms with Gasteiger partial charge >= 0.3 is 0 Å². The first-order valence-corrected chi connectivity index (χ1v) is 13.9. The lowest BCUT2D eigenvalue weighted by atomic mass is 9.91. The van der Waals surface area contributed by atoms with E-state index in [1.165, 1.54) is 0 Å². The highest BCUT2D eigenvalue weighted by Gasteiger charge is 2.22. The number of hydrogen-bond acceptors (Lipinski definition) is 4. The van der Waals surface area contributed by atoms with Crippen molar-refractivity contribution in [2.75, 3.05) is 0 Å². The van der Waals surface area contributed by atoms with E-state index in [1.807, 2.05) is 66.7 Å². The number of rotatable bonds is 3. The van der Waals surface area contributed by atoms with Crippen LogP contribution in [0.1, 0.15) is 11.1 Å². The first kappa shape index (κ1) is 24.5. The second kappa shape index (κ2) is 9.38. The van der Waals surface area contributed by atoms with Crippen molar-refractivity contribution in [1.29, 1.82) is 10.5 Å². The fourth-order valence-electron chi connectivity index (χ4n) is 6.24. The SMILES string of the molecule is N#Cc1ccc(-c2ccc3c4c2c(C#N)ccc4c(=O)n2c4cc(-c5ccccc5)cc(-c5ccccc5)c4nc32)cc1. The Morgan fingerprint density at radius 2 is 1.26 bits per heavy atom. The van der Waals surface area contributed by atoms with E-state index in [0.717, 1.165) is 55.2 Å². The van der Waals surface area contributed by atoms with Crippen LogP contribution in [0.3, 0.4) is 0 Å². The molecule has 5 nitrogen and oxygen atoms in total. The second-order valence-electron chi connectivity index (χ2n) is 10.6. The van der Waals surface area contributed by atoms with E-state index in [0.29, 0.717) is 27.5 Å². The maximum absolute atomic E-state index is 14.4. The molecule has 0 aliphatic rings. The summed E-state index contributed by atoms with van der Waals surface area (Å²) in [5.74, 6) is 0. The highest BCUT2D eigenvalue weighted by molar-refractivity contribution is 6.21. The predicted molar refractivity (Wildman–Crippen MR) is 171 cm³/mol. The number of pyridine rings is 1. The summed E-state index contributed by atoms with van der Waals surface area (Å²) in [6, 6.07) is 43.6. The molecule has 0 saturated heterocycles. The van der Waals surface area contributed by atoms with E-state index >= 15 is 0 Å². The molecule has 2 heterocycles. The summed E-state index contributed by atoms with van der Waals surface area (Å²) in [5, 5.41) is 22.2. The van der Waals surface area contributed by atoms with E-state index in [4.69, 9.17) is 4.98 Å². The Morgan fingerprint density at radius 3 is 1.95 bits per heavy atom. The molecule has 0 atom stereocenters. The van der Waals surface area contributed by atoms with Crippen molar-refractivity contribution in [3.05, 3.63) is 143 Å². The third-order valence-electron chi connectivity index (χ3n) is 8.23. The molecule has 0 saturated carbocycles. The molecule has 0 aliphatic carbocycles. The van der Waals surface area contributed by atoms with Gasteiger partial charge in [-0.2, -0.15) is 10.5 Å².